The minimum Gasteiger partial charge on any atom is -0.320 e. The number of amides is 1. The number of hydrogen-bond donors (Lipinski definition) is 2. The van der Waals surface area contributed by atoms with Gasteiger partial charge < -0.3 is 5.32 Å². The summed E-state index contributed by atoms with van der Waals surface area (Å²) in [7, 11) is 1.68. The summed E-state index contributed by atoms with van der Waals surface area (Å²) in [5.41, 5.74) is 3.72. The predicted molar refractivity (Wildman–Crippen MR) is 96.8 cm³/mol. The fraction of sp³-hybridized carbons (Fsp3) is 0.0556. The van der Waals surface area contributed by atoms with Crippen molar-refractivity contribution in [3.63, 3.8) is 0 Å². The highest BCUT2D eigenvalue weighted by atomic mass is 16.2. The zero-order valence-corrected chi connectivity index (χ0v) is 13.8. The van der Waals surface area contributed by atoms with Crippen LogP contribution in [0.3, 0.4) is 0 Å². The summed E-state index contributed by atoms with van der Waals surface area (Å²) in [6, 6.07) is 10.7. The van der Waals surface area contributed by atoms with Crippen molar-refractivity contribution in [2.45, 2.75) is 0 Å². The van der Waals surface area contributed by atoms with E-state index in [0.717, 1.165) is 11.1 Å². The Kier molecular flexibility index (Phi) is 3.77. The highest BCUT2D eigenvalue weighted by Gasteiger charge is 2.10. The van der Waals surface area contributed by atoms with Crippen LogP contribution in [0.2, 0.25) is 0 Å². The average molecular weight is 346 g/mol. The molecule has 0 aliphatic rings. The van der Waals surface area contributed by atoms with E-state index >= 15 is 0 Å². The van der Waals surface area contributed by atoms with E-state index in [0.29, 0.717) is 22.4 Å². The molecule has 4 rings (SSSR count). The molecule has 0 aliphatic carbocycles. The lowest BCUT2D eigenvalue weighted by Gasteiger charge is -2.07. The SMILES string of the molecule is Cn1c(=O)[nH]c2ncc(-c3cccc(C(=O)Nc4ccnnc4)c3)cc21. The number of aryl methyl sites for hydroxylation is 1. The Balaban J connectivity index is 1.68. The van der Waals surface area contributed by atoms with Gasteiger partial charge in [0.25, 0.3) is 5.91 Å². The summed E-state index contributed by atoms with van der Waals surface area (Å²) < 4.78 is 1.50. The molecule has 1 amide bonds. The molecule has 0 bridgehead atoms. The number of carbonyl (C=O) groups is 1. The molecule has 4 aromatic rings. The average Bonchev–Trinajstić information content (AvgIpc) is 2.96. The molecule has 0 unspecified atom stereocenters. The number of carbonyl (C=O) groups excluding carboxylic acids is 1. The number of rotatable bonds is 3. The number of pyridine rings is 1. The van der Waals surface area contributed by atoms with Gasteiger partial charge in [0.05, 0.1) is 23.6 Å². The number of aromatic amines is 1. The second-order valence-corrected chi connectivity index (χ2v) is 5.75. The Morgan fingerprint density at radius 1 is 1.12 bits per heavy atom. The highest BCUT2D eigenvalue weighted by Crippen LogP contribution is 2.23. The summed E-state index contributed by atoms with van der Waals surface area (Å²) in [5, 5.41) is 10.2. The molecule has 128 valence electrons. The van der Waals surface area contributed by atoms with Crippen LogP contribution in [0.4, 0.5) is 5.69 Å². The van der Waals surface area contributed by atoms with Crippen LogP contribution >= 0.6 is 0 Å². The third-order valence-corrected chi connectivity index (χ3v) is 4.06. The second-order valence-electron chi connectivity index (χ2n) is 5.75. The van der Waals surface area contributed by atoms with Crippen molar-refractivity contribution in [3.8, 4) is 11.1 Å². The molecule has 26 heavy (non-hydrogen) atoms. The first-order valence-electron chi connectivity index (χ1n) is 7.85. The number of nitrogens with zero attached hydrogens (tertiary/aromatic N) is 4. The summed E-state index contributed by atoms with van der Waals surface area (Å²) in [4.78, 5) is 31.1. The molecule has 0 aliphatic heterocycles. The molecular formula is C18H14N6O2. The Hall–Kier alpha value is -3.81. The third-order valence-electron chi connectivity index (χ3n) is 4.06. The van der Waals surface area contributed by atoms with Gasteiger partial charge >= 0.3 is 5.69 Å². The largest absolute Gasteiger partial charge is 0.327 e. The van der Waals surface area contributed by atoms with Crippen LogP contribution < -0.4 is 11.0 Å². The van der Waals surface area contributed by atoms with E-state index in [1.165, 1.54) is 17.0 Å². The first kappa shape index (κ1) is 15.7. The lowest BCUT2D eigenvalue weighted by Crippen LogP contribution is -2.12. The maximum atomic E-state index is 12.4. The van der Waals surface area contributed by atoms with Crippen molar-refractivity contribution >= 4 is 22.8 Å². The van der Waals surface area contributed by atoms with Crippen LogP contribution in [-0.4, -0.2) is 30.6 Å². The molecule has 8 nitrogen and oxygen atoms in total. The molecule has 0 atom stereocenters. The highest BCUT2D eigenvalue weighted by molar-refractivity contribution is 6.04. The van der Waals surface area contributed by atoms with E-state index in [4.69, 9.17) is 0 Å². The van der Waals surface area contributed by atoms with Gasteiger partial charge in [-0.15, -0.1) is 0 Å². The van der Waals surface area contributed by atoms with Gasteiger partial charge in [0.2, 0.25) is 0 Å². The number of nitrogens with one attached hydrogen (secondary N) is 2. The quantitative estimate of drug-likeness (QED) is 0.590. The van der Waals surface area contributed by atoms with E-state index < -0.39 is 0 Å². The molecule has 3 heterocycles. The Bertz CT molecular complexity index is 1160. The minimum atomic E-state index is -0.247. The normalized spacial score (nSPS) is 10.8. The van der Waals surface area contributed by atoms with E-state index in [2.05, 4.69) is 25.5 Å². The number of anilines is 1. The second kappa shape index (κ2) is 6.25. The minimum absolute atomic E-state index is 0.219. The van der Waals surface area contributed by atoms with E-state index in [1.807, 2.05) is 12.1 Å². The Morgan fingerprint density at radius 3 is 2.81 bits per heavy atom. The van der Waals surface area contributed by atoms with Gasteiger partial charge in [-0.05, 0) is 29.8 Å². The van der Waals surface area contributed by atoms with Gasteiger partial charge in [-0.2, -0.15) is 10.2 Å². The number of H-pyrrole nitrogens is 1. The van der Waals surface area contributed by atoms with E-state index in [1.54, 1.807) is 37.5 Å². The summed E-state index contributed by atoms with van der Waals surface area (Å²) in [6.07, 6.45) is 4.65. The zero-order chi connectivity index (χ0) is 18.1. The molecule has 0 radical (unpaired) electrons. The predicted octanol–water partition coefficient (Wildman–Crippen LogP) is 1.97. The third kappa shape index (κ3) is 2.84. The van der Waals surface area contributed by atoms with Crippen LogP contribution in [0.1, 0.15) is 10.4 Å². The fourth-order valence-electron chi connectivity index (χ4n) is 2.67. The number of aromatic nitrogens is 5. The number of imidazole rings is 1. The van der Waals surface area contributed by atoms with Crippen LogP contribution in [-0.2, 0) is 7.05 Å². The van der Waals surface area contributed by atoms with Crippen molar-refractivity contribution in [1.29, 1.82) is 0 Å². The number of hydrogen-bond acceptors (Lipinski definition) is 5. The Morgan fingerprint density at radius 2 is 2.00 bits per heavy atom. The van der Waals surface area contributed by atoms with Gasteiger partial charge in [-0.25, -0.2) is 9.78 Å². The molecule has 2 N–H and O–H groups in total. The van der Waals surface area contributed by atoms with Crippen LogP contribution in [0.15, 0.2) is 59.8 Å². The molecule has 0 saturated carbocycles. The smallest absolute Gasteiger partial charge is 0.320 e. The summed E-state index contributed by atoms with van der Waals surface area (Å²) in [5.74, 6) is -0.247. The molecular weight excluding hydrogens is 332 g/mol. The van der Waals surface area contributed by atoms with Crippen molar-refractivity contribution in [2.24, 2.45) is 7.05 Å². The van der Waals surface area contributed by atoms with Gasteiger partial charge in [0, 0.05) is 24.4 Å². The van der Waals surface area contributed by atoms with Crippen molar-refractivity contribution in [2.75, 3.05) is 5.32 Å². The van der Waals surface area contributed by atoms with Crippen LogP contribution in [0.25, 0.3) is 22.3 Å². The monoisotopic (exact) mass is 346 g/mol. The lowest BCUT2D eigenvalue weighted by atomic mass is 10.0. The van der Waals surface area contributed by atoms with Gasteiger partial charge in [0.15, 0.2) is 5.65 Å². The standard InChI is InChI=1S/C18H14N6O2/c1-24-15-8-13(9-19-16(15)23-18(24)26)11-3-2-4-12(7-11)17(25)22-14-5-6-20-21-10-14/h2-10H,1H3,(H,19,23,26)(H,20,22,25). The zero-order valence-electron chi connectivity index (χ0n) is 13.8. The van der Waals surface area contributed by atoms with Crippen LogP contribution in [0, 0.1) is 0 Å². The first-order chi connectivity index (χ1) is 12.6. The fourth-order valence-corrected chi connectivity index (χ4v) is 2.67. The first-order valence-corrected chi connectivity index (χ1v) is 7.85. The van der Waals surface area contributed by atoms with Crippen molar-refractivity contribution in [3.05, 3.63) is 71.0 Å². The molecule has 1 aromatic carbocycles. The summed E-state index contributed by atoms with van der Waals surface area (Å²) in [6.45, 7) is 0. The topological polar surface area (TPSA) is 106 Å². The maximum Gasteiger partial charge on any atom is 0.327 e. The lowest BCUT2D eigenvalue weighted by molar-refractivity contribution is 0.102. The number of benzene rings is 1. The van der Waals surface area contributed by atoms with Crippen molar-refractivity contribution in [1.82, 2.24) is 24.7 Å². The van der Waals surface area contributed by atoms with Gasteiger partial charge in [-0.3, -0.25) is 14.3 Å². The van der Waals surface area contributed by atoms with E-state index in [9.17, 15) is 9.59 Å². The molecule has 3 aromatic heterocycles. The van der Waals surface area contributed by atoms with E-state index in [-0.39, 0.29) is 11.6 Å². The maximum absolute atomic E-state index is 12.4. The molecule has 0 fully saturated rings. The van der Waals surface area contributed by atoms with Crippen LogP contribution in [0.5, 0.6) is 0 Å². The molecule has 0 saturated heterocycles. The number of fused-ring (bicyclic) bond motifs is 1. The molecule has 0 spiro atoms. The summed E-state index contributed by atoms with van der Waals surface area (Å²) >= 11 is 0. The van der Waals surface area contributed by atoms with Crippen molar-refractivity contribution < 1.29 is 4.79 Å². The molecule has 8 heteroatoms. The van der Waals surface area contributed by atoms with Gasteiger partial charge in [0.1, 0.15) is 0 Å². The Labute approximate surface area is 147 Å². The van der Waals surface area contributed by atoms with Gasteiger partial charge in [-0.1, -0.05) is 12.1 Å².